The first kappa shape index (κ1) is 39.0. The van der Waals surface area contributed by atoms with Gasteiger partial charge in [-0.15, -0.1) is 0 Å². The molecule has 2 unspecified atom stereocenters. The zero-order valence-corrected chi connectivity index (χ0v) is 29.6. The topological polar surface area (TPSA) is 157 Å². The van der Waals surface area contributed by atoms with Crippen molar-refractivity contribution < 1.29 is 38.2 Å². The number of fused-ring (bicyclic) bond motifs is 3. The number of ether oxygens (including phenoxy) is 2. The van der Waals surface area contributed by atoms with Crippen LogP contribution in [0.15, 0.2) is 48.5 Å². The maximum atomic E-state index is 13.0. The zero-order valence-electron chi connectivity index (χ0n) is 28.7. The van der Waals surface area contributed by atoms with Crippen molar-refractivity contribution in [2.75, 3.05) is 13.2 Å². The minimum absolute atomic E-state index is 0.0192. The van der Waals surface area contributed by atoms with Crippen LogP contribution >= 0.6 is 8.20 Å². The van der Waals surface area contributed by atoms with E-state index < -0.39 is 48.1 Å². The van der Waals surface area contributed by atoms with Gasteiger partial charge >= 0.3 is 133 Å². The van der Waals surface area contributed by atoms with E-state index in [1.165, 1.54) is 0 Å². The Morgan fingerprint density at radius 2 is 1.47 bits per heavy atom. The minimum Gasteiger partial charge on any atom is -0.458 e. The quantitative estimate of drug-likeness (QED) is 0.126. The predicted molar refractivity (Wildman–Crippen MR) is 188 cm³/mol. The monoisotopic (exact) mass is 688 g/mol. The second-order valence-electron chi connectivity index (χ2n) is 13.2. The zero-order chi connectivity index (χ0) is 36.1. The van der Waals surface area contributed by atoms with Crippen molar-refractivity contribution in [3.05, 3.63) is 59.7 Å². The molecule has 2 atom stereocenters. The molecule has 1 radical (unpaired) electrons. The van der Waals surface area contributed by atoms with Crippen molar-refractivity contribution in [1.29, 1.82) is 0 Å². The van der Waals surface area contributed by atoms with Crippen molar-refractivity contribution in [2.45, 2.75) is 90.3 Å². The SMILES string of the molecule is [B]=C=PC(=O)CCC(=O)C(CC(C)C)NC(=O)CNC(=O)CCC(NC(=O)OCC1c2ccccc2-c2ccccc21)C(=O)OC(C)(C)C. The normalized spacial score (nSPS) is 13.3. The van der Waals surface area contributed by atoms with Gasteiger partial charge in [0.2, 0.25) is 0 Å². The molecule has 3 N–H and O–H groups in total. The number of hydrogen-bond acceptors (Lipinski definition) is 8. The van der Waals surface area contributed by atoms with Gasteiger partial charge in [-0.25, -0.2) is 9.59 Å². The molecule has 259 valence electrons. The first-order valence-electron chi connectivity index (χ1n) is 16.3. The molecular weight excluding hydrogens is 644 g/mol. The fourth-order valence-electron chi connectivity index (χ4n) is 5.47. The summed E-state index contributed by atoms with van der Waals surface area (Å²) < 4.78 is 11.1. The molecule has 0 saturated carbocycles. The molecule has 1 aliphatic rings. The van der Waals surface area contributed by atoms with Crippen LogP contribution in [0.5, 0.6) is 0 Å². The molecular formula is C36H44BN3O8P. The van der Waals surface area contributed by atoms with E-state index in [0.29, 0.717) is 6.42 Å². The van der Waals surface area contributed by atoms with Gasteiger partial charge in [0.1, 0.15) is 18.2 Å². The maximum absolute atomic E-state index is 13.0. The van der Waals surface area contributed by atoms with Crippen molar-refractivity contribution in [1.82, 2.24) is 16.0 Å². The van der Waals surface area contributed by atoms with Crippen LogP contribution in [0.1, 0.15) is 83.8 Å². The summed E-state index contributed by atoms with van der Waals surface area (Å²) in [6.07, 6.45) is -0.885. The van der Waals surface area contributed by atoms with Crippen LogP contribution in [0.3, 0.4) is 0 Å². The van der Waals surface area contributed by atoms with Crippen LogP contribution in [-0.2, 0) is 33.4 Å². The smallest absolute Gasteiger partial charge is 0.458 e. The first-order chi connectivity index (χ1) is 23.2. The molecule has 3 rings (SSSR count). The third-order valence-electron chi connectivity index (χ3n) is 7.64. The molecule has 2 aromatic rings. The number of alkyl carbamates (subject to hydrolysis) is 1. The number of amides is 3. The molecule has 0 fully saturated rings. The molecule has 2 aromatic carbocycles. The average Bonchev–Trinajstić information content (AvgIpc) is 3.35. The number of carbonyl (C=O) groups is 6. The molecule has 0 aromatic heterocycles. The number of carbonyl (C=O) groups excluding carboxylic acids is 6. The van der Waals surface area contributed by atoms with Gasteiger partial charge < -0.3 is 14.8 Å². The van der Waals surface area contributed by atoms with Crippen LogP contribution in [0.2, 0.25) is 0 Å². The Balaban J connectivity index is 1.55. The Morgan fingerprint density at radius 3 is 2.04 bits per heavy atom. The summed E-state index contributed by atoms with van der Waals surface area (Å²) in [5, 5.41) is 9.90. The third kappa shape index (κ3) is 12.5. The summed E-state index contributed by atoms with van der Waals surface area (Å²) in [7, 11) is 5.33. The summed E-state index contributed by atoms with van der Waals surface area (Å²) in [6.45, 7) is 8.48. The molecule has 0 aliphatic heterocycles. The van der Waals surface area contributed by atoms with E-state index >= 15 is 0 Å². The van der Waals surface area contributed by atoms with Gasteiger partial charge in [-0.1, -0.05) is 48.5 Å². The van der Waals surface area contributed by atoms with Crippen LogP contribution in [0.4, 0.5) is 4.79 Å². The molecule has 0 saturated heterocycles. The molecule has 0 spiro atoms. The fraction of sp³-hybridized carbons (Fsp3) is 0.472. The van der Waals surface area contributed by atoms with E-state index in [1.807, 2.05) is 62.4 Å². The van der Waals surface area contributed by atoms with Gasteiger partial charge in [-0.05, 0) is 49.4 Å². The Bertz CT molecular complexity index is 1550. The van der Waals surface area contributed by atoms with E-state index in [1.54, 1.807) is 20.8 Å². The summed E-state index contributed by atoms with van der Waals surface area (Å²) in [4.78, 5) is 75.8. The van der Waals surface area contributed by atoms with Gasteiger partial charge in [0.25, 0.3) is 0 Å². The van der Waals surface area contributed by atoms with Crippen LogP contribution in [0, 0.1) is 5.92 Å². The summed E-state index contributed by atoms with van der Waals surface area (Å²) in [5.41, 5.74) is 3.12. The van der Waals surface area contributed by atoms with E-state index in [0.717, 1.165) is 22.3 Å². The molecule has 0 bridgehead atoms. The van der Waals surface area contributed by atoms with E-state index in [-0.39, 0.29) is 63.6 Å². The molecule has 49 heavy (non-hydrogen) atoms. The van der Waals surface area contributed by atoms with Gasteiger partial charge in [0.05, 0.1) is 0 Å². The fourth-order valence-corrected chi connectivity index (χ4v) is 5.83. The van der Waals surface area contributed by atoms with E-state index in [4.69, 9.17) is 17.0 Å². The van der Waals surface area contributed by atoms with Crippen molar-refractivity contribution >= 4 is 56.2 Å². The number of benzene rings is 2. The van der Waals surface area contributed by atoms with Gasteiger partial charge in [0.15, 0.2) is 0 Å². The Kier molecular flexibility index (Phi) is 14.7. The number of nitrogens with one attached hydrogen (secondary N) is 3. The Morgan fingerprint density at radius 1 is 0.857 bits per heavy atom. The summed E-state index contributed by atoms with van der Waals surface area (Å²) >= 11 is 0. The number of esters is 1. The minimum atomic E-state index is -1.20. The first-order valence-corrected chi connectivity index (χ1v) is 17.2. The second kappa shape index (κ2) is 18.4. The Hall–Kier alpha value is -4.40. The number of ketones is 1. The Labute approximate surface area is 290 Å². The molecule has 11 nitrogen and oxygen atoms in total. The van der Waals surface area contributed by atoms with Crippen molar-refractivity contribution in [2.24, 2.45) is 5.92 Å². The summed E-state index contributed by atoms with van der Waals surface area (Å²) in [5.74, 6) is -2.27. The van der Waals surface area contributed by atoms with E-state index in [2.05, 4.69) is 21.3 Å². The van der Waals surface area contributed by atoms with Gasteiger partial charge in [-0.2, -0.15) is 0 Å². The molecule has 13 heteroatoms. The van der Waals surface area contributed by atoms with Crippen LogP contribution in [-0.4, -0.2) is 78.9 Å². The molecule has 1 aliphatic carbocycles. The standard InChI is InChI=1S/C36H44BN3O8P/c1-22(2)18-29(30(41)15-17-33(44)49-21-37)39-32(43)19-38-31(42)16-14-28(34(45)48-36(3,4)5)40-35(46)47-20-27-25-12-8-6-10-23(25)24-11-7-9-13-26(24)27/h6-13,22,27-29H,14-20H2,1-5H3,(H,38,42)(H,39,43)(H,40,46). The second-order valence-corrected chi connectivity index (χ2v) is 14.2. The predicted octanol–water partition coefficient (Wildman–Crippen LogP) is 4.29. The van der Waals surface area contributed by atoms with Gasteiger partial charge in [-0.3, -0.25) is 4.79 Å². The van der Waals surface area contributed by atoms with Crippen LogP contribution in [0.25, 0.3) is 11.1 Å². The van der Waals surface area contributed by atoms with Crippen molar-refractivity contribution in [3.8, 4) is 11.1 Å². The number of rotatable bonds is 17. The third-order valence-corrected chi connectivity index (χ3v) is 8.24. The number of Topliss-reactive ketones (excluding diaryl/α,β-unsaturated/α-hetero) is 1. The van der Waals surface area contributed by atoms with Crippen LogP contribution < -0.4 is 16.0 Å². The number of hydrogen-bond donors (Lipinski definition) is 3. The summed E-state index contributed by atoms with van der Waals surface area (Å²) in [6, 6.07) is 13.8. The van der Waals surface area contributed by atoms with Gasteiger partial charge in [0, 0.05) is 12.3 Å². The molecule has 3 amide bonds. The van der Waals surface area contributed by atoms with E-state index in [9.17, 15) is 28.8 Å². The average molecular weight is 689 g/mol. The molecule has 0 heterocycles. The van der Waals surface area contributed by atoms with Crippen molar-refractivity contribution in [3.63, 3.8) is 0 Å².